The zero-order chi connectivity index (χ0) is 21.5. The molecule has 4 heteroatoms. The molecule has 0 aliphatic carbocycles. The number of aliphatic carboxylic acids is 1. The second kappa shape index (κ2) is 14.2. The van der Waals surface area contributed by atoms with Crippen molar-refractivity contribution in [1.82, 2.24) is 0 Å². The van der Waals surface area contributed by atoms with Crippen LogP contribution < -0.4 is 4.74 Å². The van der Waals surface area contributed by atoms with E-state index in [4.69, 9.17) is 9.84 Å². The van der Waals surface area contributed by atoms with Crippen molar-refractivity contribution in [2.24, 2.45) is 0 Å². The first-order valence-corrected chi connectivity index (χ1v) is 10.2. The molecule has 2 rings (SSSR count). The maximum absolute atomic E-state index is 12.4. The van der Waals surface area contributed by atoms with E-state index in [0.29, 0.717) is 11.1 Å². The Morgan fingerprint density at radius 2 is 1.55 bits per heavy atom. The van der Waals surface area contributed by atoms with Crippen LogP contribution in [0, 0.1) is 0 Å². The van der Waals surface area contributed by atoms with Crippen molar-refractivity contribution in [1.29, 1.82) is 0 Å². The molecule has 2 aromatic rings. The number of hydrogen-bond acceptors (Lipinski definition) is 3. The quantitative estimate of drug-likeness (QED) is 0.275. The second-order valence-corrected chi connectivity index (χ2v) is 6.76. The number of hydrogen-bond donors (Lipinski definition) is 1. The molecule has 0 aromatic heterocycles. The summed E-state index contributed by atoms with van der Waals surface area (Å²) in [5, 5.41) is 7.60. The summed E-state index contributed by atoms with van der Waals surface area (Å²) >= 11 is 0. The number of carbonyl (C=O) groups is 2. The minimum Gasteiger partial charge on any atom is -0.490 e. The van der Waals surface area contributed by atoms with Gasteiger partial charge in [-0.05, 0) is 43.5 Å². The van der Waals surface area contributed by atoms with Crippen LogP contribution in [0.2, 0.25) is 0 Å². The lowest BCUT2D eigenvalue weighted by molar-refractivity contribution is -0.131. The highest BCUT2D eigenvalue weighted by atomic mass is 16.5. The van der Waals surface area contributed by atoms with Crippen LogP contribution in [0.3, 0.4) is 0 Å². The Morgan fingerprint density at radius 1 is 0.966 bits per heavy atom. The van der Waals surface area contributed by atoms with Gasteiger partial charge < -0.3 is 9.84 Å². The number of unbranched alkanes of at least 4 members (excludes halogenated alkanes) is 3. The van der Waals surface area contributed by atoms with Crippen LogP contribution >= 0.6 is 0 Å². The molecule has 0 fully saturated rings. The lowest BCUT2D eigenvalue weighted by Gasteiger charge is -2.17. The van der Waals surface area contributed by atoms with Gasteiger partial charge >= 0.3 is 5.97 Å². The molecule has 1 atom stereocenters. The van der Waals surface area contributed by atoms with Gasteiger partial charge in [0.2, 0.25) is 0 Å². The van der Waals surface area contributed by atoms with E-state index in [-0.39, 0.29) is 11.9 Å². The van der Waals surface area contributed by atoms with Gasteiger partial charge in [-0.1, -0.05) is 70.0 Å². The van der Waals surface area contributed by atoms with Gasteiger partial charge in [0.1, 0.15) is 5.75 Å². The van der Waals surface area contributed by atoms with Crippen molar-refractivity contribution in [2.45, 2.75) is 58.5 Å². The highest BCUT2D eigenvalue weighted by Crippen LogP contribution is 2.19. The summed E-state index contributed by atoms with van der Waals surface area (Å²) in [6.07, 6.45) is 8.26. The molecule has 1 unspecified atom stereocenters. The summed E-state index contributed by atoms with van der Waals surface area (Å²) in [6, 6.07) is 16.9. The number of rotatable bonds is 11. The monoisotopic (exact) mass is 396 g/mol. The molecule has 0 heterocycles. The molecule has 0 bridgehead atoms. The topological polar surface area (TPSA) is 63.6 Å². The number of benzene rings is 2. The van der Waals surface area contributed by atoms with Crippen LogP contribution in [0.1, 0.15) is 68.3 Å². The Balaban J connectivity index is 0.000000749. The van der Waals surface area contributed by atoms with E-state index in [1.54, 1.807) is 0 Å². The predicted octanol–water partition coefficient (Wildman–Crippen LogP) is 6.30. The zero-order valence-electron chi connectivity index (χ0n) is 17.5. The minimum atomic E-state index is -0.981. The molecule has 156 valence electrons. The molecule has 0 saturated heterocycles. The van der Waals surface area contributed by atoms with E-state index in [0.717, 1.165) is 24.7 Å². The fourth-order valence-electron chi connectivity index (χ4n) is 2.78. The first kappa shape index (κ1) is 24.2. The molecule has 1 N–H and O–H groups in total. The first-order chi connectivity index (χ1) is 14.0. The van der Waals surface area contributed by atoms with Crippen molar-refractivity contribution in [2.75, 3.05) is 0 Å². The van der Waals surface area contributed by atoms with Crippen LogP contribution in [-0.2, 0) is 4.79 Å². The van der Waals surface area contributed by atoms with E-state index >= 15 is 0 Å². The molecule has 0 aliphatic heterocycles. The summed E-state index contributed by atoms with van der Waals surface area (Å²) in [7, 11) is 0. The first-order valence-electron chi connectivity index (χ1n) is 10.2. The van der Waals surface area contributed by atoms with E-state index < -0.39 is 5.97 Å². The molecule has 0 amide bonds. The largest absolute Gasteiger partial charge is 0.490 e. The smallest absolute Gasteiger partial charge is 0.327 e. The van der Waals surface area contributed by atoms with E-state index in [2.05, 4.69) is 20.4 Å². The van der Waals surface area contributed by atoms with Gasteiger partial charge in [-0.2, -0.15) is 0 Å². The predicted molar refractivity (Wildman–Crippen MR) is 118 cm³/mol. The van der Waals surface area contributed by atoms with Crippen LogP contribution in [0.4, 0.5) is 0 Å². The average molecular weight is 397 g/mol. The average Bonchev–Trinajstić information content (AvgIpc) is 2.76. The Morgan fingerprint density at radius 3 is 2.07 bits per heavy atom. The van der Waals surface area contributed by atoms with Gasteiger partial charge in [0, 0.05) is 17.2 Å². The summed E-state index contributed by atoms with van der Waals surface area (Å²) in [4.78, 5) is 21.6. The zero-order valence-corrected chi connectivity index (χ0v) is 17.5. The molecule has 0 aliphatic rings. The lowest BCUT2D eigenvalue weighted by Crippen LogP contribution is -2.15. The van der Waals surface area contributed by atoms with Gasteiger partial charge in [0.25, 0.3) is 0 Å². The Bertz CT molecular complexity index is 735. The highest BCUT2D eigenvalue weighted by molar-refractivity contribution is 6.08. The number of ketones is 1. The standard InChI is InChI=1S/C22H28O2.C3H4O2/c1-3-5-6-10-13-20(4-2)24-21-16-14-19(15-17-21)22(23)18-11-8-7-9-12-18;1-2-3(4)5/h7-9,11-12,14-17,20H,3-6,10,13H2,1-2H3;2H,1H2,(H,4,5). The molecule has 0 saturated carbocycles. The Labute approximate surface area is 174 Å². The normalized spacial score (nSPS) is 11.0. The fraction of sp³-hybridized carbons (Fsp3) is 0.360. The molecule has 2 aromatic carbocycles. The van der Waals surface area contributed by atoms with E-state index in [1.807, 2.05) is 54.6 Å². The summed E-state index contributed by atoms with van der Waals surface area (Å²) in [6.45, 7) is 7.35. The second-order valence-electron chi connectivity index (χ2n) is 6.76. The fourth-order valence-corrected chi connectivity index (χ4v) is 2.78. The molecule has 4 nitrogen and oxygen atoms in total. The van der Waals surface area contributed by atoms with Crippen molar-refractivity contribution in [3.8, 4) is 5.75 Å². The van der Waals surface area contributed by atoms with Gasteiger partial charge in [-0.3, -0.25) is 4.79 Å². The maximum atomic E-state index is 12.4. The number of carboxylic acid groups (broad SMARTS) is 1. The van der Waals surface area contributed by atoms with Crippen molar-refractivity contribution in [3.05, 3.63) is 78.4 Å². The minimum absolute atomic E-state index is 0.0498. The van der Waals surface area contributed by atoms with Gasteiger partial charge in [0.05, 0.1) is 6.10 Å². The third-order valence-electron chi connectivity index (χ3n) is 4.46. The van der Waals surface area contributed by atoms with E-state index in [1.165, 1.54) is 25.7 Å². The summed E-state index contributed by atoms with van der Waals surface area (Å²) in [5.74, 6) is -0.0827. The Hall–Kier alpha value is -2.88. The third kappa shape index (κ3) is 9.74. The Kier molecular flexibility index (Phi) is 11.8. The lowest BCUT2D eigenvalue weighted by atomic mass is 10.0. The summed E-state index contributed by atoms with van der Waals surface area (Å²) in [5.41, 5.74) is 1.41. The van der Waals surface area contributed by atoms with Gasteiger partial charge in [-0.25, -0.2) is 4.79 Å². The number of carbonyl (C=O) groups excluding carboxylic acids is 1. The molecule has 0 spiro atoms. The third-order valence-corrected chi connectivity index (χ3v) is 4.46. The maximum Gasteiger partial charge on any atom is 0.327 e. The molecule has 29 heavy (non-hydrogen) atoms. The molecular formula is C25H32O4. The van der Waals surface area contributed by atoms with Gasteiger partial charge in [-0.15, -0.1) is 0 Å². The summed E-state index contributed by atoms with van der Waals surface area (Å²) < 4.78 is 6.07. The van der Waals surface area contributed by atoms with Crippen LogP contribution in [0.25, 0.3) is 0 Å². The van der Waals surface area contributed by atoms with Crippen LogP contribution in [0.5, 0.6) is 5.75 Å². The number of carboxylic acids is 1. The molecule has 0 radical (unpaired) electrons. The van der Waals surface area contributed by atoms with Crippen LogP contribution in [-0.4, -0.2) is 23.0 Å². The van der Waals surface area contributed by atoms with Crippen molar-refractivity contribution in [3.63, 3.8) is 0 Å². The van der Waals surface area contributed by atoms with E-state index in [9.17, 15) is 9.59 Å². The van der Waals surface area contributed by atoms with Crippen molar-refractivity contribution < 1.29 is 19.4 Å². The molecular weight excluding hydrogens is 364 g/mol. The van der Waals surface area contributed by atoms with Gasteiger partial charge in [0.15, 0.2) is 5.78 Å². The number of ether oxygens (including phenoxy) is 1. The van der Waals surface area contributed by atoms with Crippen LogP contribution in [0.15, 0.2) is 67.3 Å². The SMILES string of the molecule is C=CC(=O)O.CCCCCCC(CC)Oc1ccc(C(=O)c2ccccc2)cc1. The highest BCUT2D eigenvalue weighted by Gasteiger charge is 2.11. The van der Waals surface area contributed by atoms with Crippen molar-refractivity contribution >= 4 is 11.8 Å².